The molecule has 0 saturated carbocycles. The zero-order chi connectivity index (χ0) is 28.7. The minimum absolute atomic E-state index is 0.0470. The van der Waals surface area contributed by atoms with Crippen molar-refractivity contribution < 1.29 is 32.3 Å². The van der Waals surface area contributed by atoms with E-state index < -0.39 is 53.5 Å². The summed E-state index contributed by atoms with van der Waals surface area (Å²) in [6, 6.07) is 4.14. The molecule has 3 amide bonds. The van der Waals surface area contributed by atoms with Crippen LogP contribution in [0.2, 0.25) is 0 Å². The van der Waals surface area contributed by atoms with Crippen molar-refractivity contribution in [2.45, 2.75) is 88.9 Å². The van der Waals surface area contributed by atoms with E-state index in [1.54, 1.807) is 38.7 Å². The molecule has 1 N–H and O–H groups in total. The number of hydrogen-bond donors (Lipinski definition) is 1. The van der Waals surface area contributed by atoms with Gasteiger partial charge in [0.05, 0.1) is 23.7 Å². The third-order valence-electron chi connectivity index (χ3n) is 7.52. The van der Waals surface area contributed by atoms with Crippen molar-refractivity contribution in [3.63, 3.8) is 0 Å². The Balaban J connectivity index is 1.49. The minimum Gasteiger partial charge on any atom is -0.444 e. The number of rotatable bonds is 6. The Hall–Kier alpha value is -3.33. The zero-order valence-corrected chi connectivity index (χ0v) is 22.5. The molecule has 4 rings (SSSR count). The van der Waals surface area contributed by atoms with E-state index in [-0.39, 0.29) is 18.5 Å². The van der Waals surface area contributed by atoms with Crippen LogP contribution in [0.15, 0.2) is 24.3 Å². The van der Waals surface area contributed by atoms with Gasteiger partial charge in [0.1, 0.15) is 17.7 Å². The molecule has 0 spiro atoms. The Morgan fingerprint density at radius 3 is 2.59 bits per heavy atom. The van der Waals surface area contributed by atoms with Gasteiger partial charge < -0.3 is 19.9 Å². The van der Waals surface area contributed by atoms with Crippen LogP contribution in [0.5, 0.6) is 0 Å². The third kappa shape index (κ3) is 6.13. The van der Waals surface area contributed by atoms with E-state index in [1.165, 1.54) is 11.0 Å². The van der Waals surface area contributed by atoms with E-state index in [0.717, 1.165) is 12.1 Å². The van der Waals surface area contributed by atoms with Crippen LogP contribution >= 0.6 is 0 Å². The number of nitriles is 1. The molecule has 3 aliphatic heterocycles. The topological polar surface area (TPSA) is 106 Å². The maximum atomic E-state index is 13.5. The Morgan fingerprint density at radius 2 is 1.97 bits per heavy atom. The molecule has 1 aromatic rings. The quantitative estimate of drug-likeness (QED) is 0.583. The molecule has 9 nitrogen and oxygen atoms in total. The number of benzene rings is 1. The fraction of sp³-hybridized carbons (Fsp3) is 0.630. The second-order valence-corrected chi connectivity index (χ2v) is 11.4. The van der Waals surface area contributed by atoms with Crippen molar-refractivity contribution in [2.24, 2.45) is 0 Å². The normalized spacial score (nSPS) is 25.0. The molecule has 0 radical (unpaired) electrons. The molecule has 0 aliphatic carbocycles. The lowest BCUT2D eigenvalue weighted by atomic mass is 10.0. The van der Waals surface area contributed by atoms with Gasteiger partial charge in [0.2, 0.25) is 11.8 Å². The third-order valence-corrected chi connectivity index (χ3v) is 7.52. The Labute approximate surface area is 225 Å². The van der Waals surface area contributed by atoms with Gasteiger partial charge in [0.25, 0.3) is 0 Å². The molecule has 3 fully saturated rings. The summed E-state index contributed by atoms with van der Waals surface area (Å²) >= 11 is 0. The SMILES string of the molecule is CC(c1cccc(C(F)(F)F)c1)N1C(=O)C2CC1CN2CC(NC(=O)OC(C)(C)C)C(=O)N1CCCC1C#N. The highest BCUT2D eigenvalue weighted by molar-refractivity contribution is 5.88. The van der Waals surface area contributed by atoms with Crippen LogP contribution < -0.4 is 5.32 Å². The van der Waals surface area contributed by atoms with Crippen LogP contribution in [0.4, 0.5) is 18.0 Å². The fourth-order valence-electron chi connectivity index (χ4n) is 5.77. The van der Waals surface area contributed by atoms with Crippen molar-refractivity contribution in [1.82, 2.24) is 20.0 Å². The van der Waals surface area contributed by atoms with Gasteiger partial charge in [-0.1, -0.05) is 12.1 Å². The van der Waals surface area contributed by atoms with Crippen LogP contribution in [-0.2, 0) is 20.5 Å². The first-order valence-electron chi connectivity index (χ1n) is 13.1. The van der Waals surface area contributed by atoms with E-state index in [4.69, 9.17) is 4.74 Å². The smallest absolute Gasteiger partial charge is 0.416 e. The van der Waals surface area contributed by atoms with Gasteiger partial charge >= 0.3 is 12.3 Å². The minimum atomic E-state index is -4.48. The van der Waals surface area contributed by atoms with Crippen LogP contribution in [-0.4, -0.2) is 82.0 Å². The number of carbonyl (C=O) groups excluding carboxylic acids is 3. The molecule has 12 heteroatoms. The number of carbonyl (C=O) groups is 3. The highest BCUT2D eigenvalue weighted by Crippen LogP contribution is 2.39. The highest BCUT2D eigenvalue weighted by Gasteiger charge is 2.52. The molecule has 3 aliphatic rings. The standard InChI is InChI=1S/C27H34F3N5O4/c1-16(17-7-5-8-18(11-17)27(28,29)30)35-20-12-22(24(35)37)33(14-20)15-21(32-25(38)39-26(2,3)4)23(36)34-10-6-9-19(34)13-31/h5,7-8,11,16,19-22H,6,9-10,12,14-15H2,1-4H3,(H,32,38). The lowest BCUT2D eigenvalue weighted by Crippen LogP contribution is -2.59. The average molecular weight is 550 g/mol. The monoisotopic (exact) mass is 549 g/mol. The molecule has 3 saturated heterocycles. The Morgan fingerprint density at radius 1 is 1.26 bits per heavy atom. The van der Waals surface area contributed by atoms with Crippen LogP contribution in [0.25, 0.3) is 0 Å². The van der Waals surface area contributed by atoms with Crippen molar-refractivity contribution >= 4 is 17.9 Å². The van der Waals surface area contributed by atoms with E-state index in [9.17, 15) is 32.8 Å². The maximum absolute atomic E-state index is 13.5. The number of nitrogens with zero attached hydrogens (tertiary/aromatic N) is 4. The number of nitrogens with one attached hydrogen (secondary N) is 1. The number of piperazine rings is 1. The van der Waals surface area contributed by atoms with Crippen molar-refractivity contribution in [1.29, 1.82) is 5.26 Å². The van der Waals surface area contributed by atoms with Crippen molar-refractivity contribution in [3.8, 4) is 6.07 Å². The Bertz CT molecular complexity index is 1160. The van der Waals surface area contributed by atoms with Gasteiger partial charge in [-0.2, -0.15) is 18.4 Å². The van der Waals surface area contributed by atoms with Gasteiger partial charge in [-0.25, -0.2) is 4.79 Å². The summed E-state index contributed by atoms with van der Waals surface area (Å²) < 4.78 is 45.1. The molecule has 212 valence electrons. The summed E-state index contributed by atoms with van der Waals surface area (Å²) in [5, 5.41) is 12.1. The number of halogens is 3. The molecular formula is C27H34F3N5O4. The van der Waals surface area contributed by atoms with Crippen LogP contribution in [0.1, 0.15) is 64.1 Å². The highest BCUT2D eigenvalue weighted by atomic mass is 19.4. The number of alkyl halides is 3. The first kappa shape index (κ1) is 28.7. The van der Waals surface area contributed by atoms with Crippen LogP contribution in [0, 0.1) is 11.3 Å². The second-order valence-electron chi connectivity index (χ2n) is 11.4. The molecule has 0 aromatic heterocycles. The molecule has 5 unspecified atom stereocenters. The van der Waals surface area contributed by atoms with E-state index in [2.05, 4.69) is 11.4 Å². The molecule has 39 heavy (non-hydrogen) atoms. The van der Waals surface area contributed by atoms with Gasteiger partial charge in [0.15, 0.2) is 0 Å². The number of ether oxygens (including phenoxy) is 1. The number of alkyl carbamates (subject to hydrolysis) is 1. The van der Waals surface area contributed by atoms with Crippen LogP contribution in [0.3, 0.4) is 0 Å². The molecular weight excluding hydrogens is 515 g/mol. The Kier molecular flexibility index (Phi) is 7.85. The predicted molar refractivity (Wildman–Crippen MR) is 134 cm³/mol. The average Bonchev–Trinajstić information content (AvgIpc) is 3.55. The second kappa shape index (κ2) is 10.7. The summed E-state index contributed by atoms with van der Waals surface area (Å²) in [7, 11) is 0. The zero-order valence-electron chi connectivity index (χ0n) is 22.5. The summed E-state index contributed by atoms with van der Waals surface area (Å²) in [5.74, 6) is -0.634. The van der Waals surface area contributed by atoms with Gasteiger partial charge in [0, 0.05) is 25.7 Å². The fourth-order valence-corrected chi connectivity index (χ4v) is 5.77. The maximum Gasteiger partial charge on any atom is 0.416 e. The number of fused-ring (bicyclic) bond motifs is 2. The number of amides is 3. The first-order chi connectivity index (χ1) is 18.2. The largest absolute Gasteiger partial charge is 0.444 e. The number of hydrogen-bond acceptors (Lipinski definition) is 6. The molecule has 2 bridgehead atoms. The summed E-state index contributed by atoms with van der Waals surface area (Å²) in [6.07, 6.45) is -3.55. The predicted octanol–water partition coefficient (Wildman–Crippen LogP) is 3.46. The van der Waals surface area contributed by atoms with E-state index >= 15 is 0 Å². The van der Waals surface area contributed by atoms with Crippen molar-refractivity contribution in [2.75, 3.05) is 19.6 Å². The van der Waals surface area contributed by atoms with E-state index in [1.807, 2.05) is 4.90 Å². The van der Waals surface area contributed by atoms with Crippen molar-refractivity contribution in [3.05, 3.63) is 35.4 Å². The lowest BCUT2D eigenvalue weighted by Gasteiger charge is -2.39. The summed E-state index contributed by atoms with van der Waals surface area (Å²) in [4.78, 5) is 44.4. The number of likely N-dealkylation sites (tertiary alicyclic amines) is 3. The summed E-state index contributed by atoms with van der Waals surface area (Å²) in [6.45, 7) is 7.67. The van der Waals surface area contributed by atoms with E-state index in [0.29, 0.717) is 37.9 Å². The lowest BCUT2D eigenvalue weighted by molar-refractivity contribution is -0.141. The summed E-state index contributed by atoms with van der Waals surface area (Å²) in [5.41, 5.74) is -1.16. The first-order valence-corrected chi connectivity index (χ1v) is 13.1. The van der Waals surface area contributed by atoms with Gasteiger partial charge in [-0.3, -0.25) is 14.5 Å². The molecule has 5 atom stereocenters. The molecule has 3 heterocycles. The molecule has 1 aromatic carbocycles. The van der Waals surface area contributed by atoms with Gasteiger partial charge in [-0.15, -0.1) is 0 Å². The van der Waals surface area contributed by atoms with Gasteiger partial charge in [-0.05, 0) is 64.7 Å².